The van der Waals surface area contributed by atoms with Gasteiger partial charge in [0, 0.05) is 23.6 Å². The first-order valence-corrected chi connectivity index (χ1v) is 10.2. The summed E-state index contributed by atoms with van der Waals surface area (Å²) in [6.45, 7) is 0. The van der Waals surface area contributed by atoms with E-state index in [1.54, 1.807) is 6.07 Å². The highest BCUT2D eigenvalue weighted by molar-refractivity contribution is 5.98. The van der Waals surface area contributed by atoms with Gasteiger partial charge in [-0.25, -0.2) is 4.79 Å². The van der Waals surface area contributed by atoms with E-state index in [0.717, 1.165) is 38.5 Å². The largest absolute Gasteiger partial charge is 0.573 e. The summed E-state index contributed by atoms with van der Waals surface area (Å²) in [7, 11) is 0. The van der Waals surface area contributed by atoms with Gasteiger partial charge in [0.1, 0.15) is 23.1 Å². The van der Waals surface area contributed by atoms with Gasteiger partial charge in [-0.2, -0.15) is 0 Å². The molecular weight excluding hydrogens is 401 g/mol. The smallest absolute Gasteiger partial charge is 0.459 e. The Hall–Kier alpha value is -2.55. The van der Waals surface area contributed by atoms with E-state index in [4.69, 9.17) is 9.26 Å². The fourth-order valence-corrected chi connectivity index (χ4v) is 4.50. The Balaban J connectivity index is 1.47. The number of benzene rings is 1. The second kappa shape index (κ2) is 7.30. The first-order chi connectivity index (χ1) is 14.4. The summed E-state index contributed by atoms with van der Waals surface area (Å²) in [6.07, 6.45) is 0.172. The van der Waals surface area contributed by atoms with E-state index >= 15 is 0 Å². The number of carbonyl (C=O) groups excluding carboxylic acids is 1. The number of ether oxygens (including phenoxy) is 2. The minimum Gasteiger partial charge on any atom is -0.459 e. The van der Waals surface area contributed by atoms with Gasteiger partial charge in [0.2, 0.25) is 0 Å². The van der Waals surface area contributed by atoms with Gasteiger partial charge in [0.25, 0.3) is 0 Å². The van der Waals surface area contributed by atoms with Gasteiger partial charge >= 0.3 is 12.3 Å². The fraction of sp³-hybridized carbons (Fsp3) is 0.524. The maximum atomic E-state index is 13.1. The molecular formula is C21H21F3N2O4. The van der Waals surface area contributed by atoms with E-state index in [0.29, 0.717) is 17.8 Å². The van der Waals surface area contributed by atoms with Crippen LogP contribution in [0, 0.1) is 0 Å². The zero-order valence-corrected chi connectivity index (χ0v) is 16.1. The van der Waals surface area contributed by atoms with Crippen molar-refractivity contribution in [1.82, 2.24) is 10.5 Å². The summed E-state index contributed by atoms with van der Waals surface area (Å²) in [5, 5.41) is 7.45. The molecule has 1 aliphatic carbocycles. The molecule has 2 bridgehead atoms. The molecule has 3 aliphatic rings. The predicted molar refractivity (Wildman–Crippen MR) is 99.0 cm³/mol. The highest BCUT2D eigenvalue weighted by atomic mass is 19.4. The molecule has 1 saturated carbocycles. The van der Waals surface area contributed by atoms with Crippen LogP contribution in [0.15, 0.2) is 28.8 Å². The number of para-hydroxylation sites is 1. The van der Waals surface area contributed by atoms with Crippen molar-refractivity contribution in [2.24, 2.45) is 0 Å². The zero-order chi connectivity index (χ0) is 20.9. The standard InChI is InChI=1S/C21H21F3N2O4/c22-21(23,24)29-16-4-2-1-3-15(16)18-17(19(30-26-18)11-5-6-11)20(27)28-14-9-12-7-8-13(10-14)25-12/h1-4,11-14,25H,5-10H2/t12-,13+,14+. The number of aromatic nitrogens is 1. The number of rotatable bonds is 5. The molecule has 9 heteroatoms. The molecule has 2 saturated heterocycles. The molecule has 5 rings (SSSR count). The maximum Gasteiger partial charge on any atom is 0.573 e. The minimum absolute atomic E-state index is 0.0265. The van der Waals surface area contributed by atoms with Crippen LogP contribution in [0.5, 0.6) is 5.75 Å². The van der Waals surface area contributed by atoms with Crippen molar-refractivity contribution in [2.75, 3.05) is 0 Å². The van der Waals surface area contributed by atoms with Crippen LogP contribution < -0.4 is 10.1 Å². The lowest BCUT2D eigenvalue weighted by atomic mass is 10.0. The number of nitrogens with one attached hydrogen (secondary N) is 1. The highest BCUT2D eigenvalue weighted by Gasteiger charge is 2.40. The van der Waals surface area contributed by atoms with Crippen molar-refractivity contribution in [3.63, 3.8) is 0 Å². The highest BCUT2D eigenvalue weighted by Crippen LogP contribution is 2.46. The van der Waals surface area contributed by atoms with Crippen LogP contribution >= 0.6 is 0 Å². The lowest BCUT2D eigenvalue weighted by molar-refractivity contribution is -0.274. The van der Waals surface area contributed by atoms with Crippen molar-refractivity contribution in [3.8, 4) is 17.0 Å². The molecule has 2 aromatic rings. The van der Waals surface area contributed by atoms with Crippen LogP contribution in [0.25, 0.3) is 11.3 Å². The lowest BCUT2D eigenvalue weighted by Gasteiger charge is -2.28. The number of esters is 1. The molecule has 1 aromatic heterocycles. The third kappa shape index (κ3) is 3.90. The summed E-state index contributed by atoms with van der Waals surface area (Å²) in [4.78, 5) is 13.1. The predicted octanol–water partition coefficient (Wildman–Crippen LogP) is 4.56. The Morgan fingerprint density at radius 3 is 2.47 bits per heavy atom. The van der Waals surface area contributed by atoms with E-state index in [2.05, 4.69) is 15.2 Å². The lowest BCUT2D eigenvalue weighted by Crippen LogP contribution is -2.42. The Morgan fingerprint density at radius 2 is 1.80 bits per heavy atom. The number of piperidine rings is 1. The molecule has 2 aliphatic heterocycles. The Morgan fingerprint density at radius 1 is 1.10 bits per heavy atom. The summed E-state index contributed by atoms with van der Waals surface area (Å²) in [5.41, 5.74) is 0.183. The molecule has 160 valence electrons. The van der Waals surface area contributed by atoms with E-state index in [-0.39, 0.29) is 28.8 Å². The molecule has 1 aromatic carbocycles. The van der Waals surface area contributed by atoms with Crippen LogP contribution in [0.3, 0.4) is 0 Å². The van der Waals surface area contributed by atoms with E-state index in [9.17, 15) is 18.0 Å². The summed E-state index contributed by atoms with van der Waals surface area (Å²) in [6, 6.07) is 6.28. The Bertz CT molecular complexity index is 942. The van der Waals surface area contributed by atoms with E-state index in [1.165, 1.54) is 18.2 Å². The average molecular weight is 422 g/mol. The monoisotopic (exact) mass is 422 g/mol. The van der Waals surface area contributed by atoms with Gasteiger partial charge < -0.3 is 19.3 Å². The molecule has 3 heterocycles. The van der Waals surface area contributed by atoms with Gasteiger partial charge in [-0.3, -0.25) is 0 Å². The number of halogens is 3. The van der Waals surface area contributed by atoms with Crippen LogP contribution in [0.2, 0.25) is 0 Å². The number of nitrogens with zero attached hydrogens (tertiary/aromatic N) is 1. The number of alkyl halides is 3. The van der Waals surface area contributed by atoms with Crippen molar-refractivity contribution in [2.45, 2.75) is 69.0 Å². The average Bonchev–Trinajstić information content (AvgIpc) is 3.34. The minimum atomic E-state index is -4.87. The van der Waals surface area contributed by atoms with E-state index < -0.39 is 18.1 Å². The maximum absolute atomic E-state index is 13.1. The summed E-state index contributed by atoms with van der Waals surface area (Å²) in [5.74, 6) is -0.613. The zero-order valence-electron chi connectivity index (χ0n) is 16.1. The number of hydrogen-bond donors (Lipinski definition) is 1. The van der Waals surface area contributed by atoms with Gasteiger partial charge in [-0.15, -0.1) is 13.2 Å². The molecule has 3 atom stereocenters. The van der Waals surface area contributed by atoms with Crippen molar-refractivity contribution >= 4 is 5.97 Å². The topological polar surface area (TPSA) is 73.6 Å². The summed E-state index contributed by atoms with van der Waals surface area (Å²) < 4.78 is 54.0. The molecule has 1 N–H and O–H groups in total. The summed E-state index contributed by atoms with van der Waals surface area (Å²) >= 11 is 0. The van der Waals surface area contributed by atoms with Gasteiger partial charge in [0.15, 0.2) is 5.76 Å². The third-order valence-corrected chi connectivity index (χ3v) is 5.94. The van der Waals surface area contributed by atoms with Crippen molar-refractivity contribution in [3.05, 3.63) is 35.6 Å². The number of hydrogen-bond acceptors (Lipinski definition) is 6. The second-order valence-electron chi connectivity index (χ2n) is 8.23. The Labute approximate surface area is 170 Å². The van der Waals surface area contributed by atoms with Gasteiger partial charge in [-0.05, 0) is 50.7 Å². The quantitative estimate of drug-likeness (QED) is 0.713. The number of carbonyl (C=O) groups is 1. The molecule has 0 radical (unpaired) electrons. The first-order valence-electron chi connectivity index (χ1n) is 10.2. The third-order valence-electron chi connectivity index (χ3n) is 5.94. The van der Waals surface area contributed by atoms with E-state index in [1.807, 2.05) is 0 Å². The van der Waals surface area contributed by atoms with Crippen LogP contribution in [0.4, 0.5) is 13.2 Å². The molecule has 0 amide bonds. The Kier molecular flexibility index (Phi) is 4.72. The molecule has 6 nitrogen and oxygen atoms in total. The number of fused-ring (bicyclic) bond motifs is 2. The van der Waals surface area contributed by atoms with Crippen LogP contribution in [-0.4, -0.2) is 35.7 Å². The first kappa shape index (κ1) is 19.4. The van der Waals surface area contributed by atoms with Gasteiger partial charge in [0.05, 0.1) is 0 Å². The molecule has 0 spiro atoms. The van der Waals surface area contributed by atoms with Gasteiger partial charge in [-0.1, -0.05) is 17.3 Å². The second-order valence-corrected chi connectivity index (χ2v) is 8.23. The fourth-order valence-electron chi connectivity index (χ4n) is 4.50. The van der Waals surface area contributed by atoms with Crippen molar-refractivity contribution < 1.29 is 32.0 Å². The molecule has 3 fully saturated rings. The van der Waals surface area contributed by atoms with Crippen molar-refractivity contribution in [1.29, 1.82) is 0 Å². The van der Waals surface area contributed by atoms with Crippen LogP contribution in [-0.2, 0) is 4.74 Å². The normalized spacial score (nSPS) is 25.9. The molecule has 30 heavy (non-hydrogen) atoms. The molecule has 0 unspecified atom stereocenters. The van der Waals surface area contributed by atoms with Crippen LogP contribution in [0.1, 0.15) is 60.6 Å². The SMILES string of the molecule is O=C(O[C@H]1C[C@H]2CC[C@@H](C1)N2)c1c(-c2ccccc2OC(F)(F)F)noc1C1CC1.